The van der Waals surface area contributed by atoms with E-state index in [0.717, 1.165) is 42.7 Å². The lowest BCUT2D eigenvalue weighted by Gasteiger charge is -2.15. The van der Waals surface area contributed by atoms with E-state index >= 15 is 0 Å². The number of fused-ring (bicyclic) bond motifs is 1. The Balaban J connectivity index is 1.55. The van der Waals surface area contributed by atoms with Gasteiger partial charge in [0.1, 0.15) is 6.61 Å². The number of anilines is 1. The molecule has 0 unspecified atom stereocenters. The summed E-state index contributed by atoms with van der Waals surface area (Å²) in [5, 5.41) is 9.01. The number of carbonyl (C=O) groups excluding carboxylic acids is 2. The van der Waals surface area contributed by atoms with Crippen LogP contribution in [0.1, 0.15) is 51.9 Å². The molecule has 31 heavy (non-hydrogen) atoms. The van der Waals surface area contributed by atoms with Crippen molar-refractivity contribution in [3.63, 3.8) is 0 Å². The molecular weight excluding hydrogens is 396 g/mol. The van der Waals surface area contributed by atoms with Crippen LogP contribution in [0.2, 0.25) is 0 Å². The number of ether oxygens (including phenoxy) is 2. The third kappa shape index (κ3) is 4.33. The second-order valence-corrected chi connectivity index (χ2v) is 7.34. The van der Waals surface area contributed by atoms with Gasteiger partial charge in [0.25, 0.3) is 0 Å². The van der Waals surface area contributed by atoms with Gasteiger partial charge in [-0.2, -0.15) is 0 Å². The molecule has 1 saturated heterocycles. The SMILES string of the molecule is CCOC(=O)c1c(COC(=O)c2ccc(N3CCCC3)nn2)nc2ccccc2c1C. The summed E-state index contributed by atoms with van der Waals surface area (Å²) in [4.78, 5) is 31.8. The summed E-state index contributed by atoms with van der Waals surface area (Å²) in [6.07, 6.45) is 2.26. The molecule has 0 N–H and O–H groups in total. The first-order valence-corrected chi connectivity index (χ1v) is 10.4. The number of hydrogen-bond donors (Lipinski definition) is 0. The fraction of sp³-hybridized carbons (Fsp3) is 0.348. The van der Waals surface area contributed by atoms with Crippen LogP contribution in [0.5, 0.6) is 0 Å². The Kier molecular flexibility index (Phi) is 6.06. The van der Waals surface area contributed by atoms with Gasteiger partial charge in [-0.3, -0.25) is 0 Å². The van der Waals surface area contributed by atoms with Crippen LogP contribution in [0.4, 0.5) is 5.82 Å². The number of rotatable bonds is 6. The van der Waals surface area contributed by atoms with Crippen LogP contribution in [-0.4, -0.2) is 46.8 Å². The average molecular weight is 420 g/mol. The standard InChI is InChI=1S/C23H24N4O4/c1-3-30-23(29)21-15(2)16-8-4-5-9-17(16)24-19(21)14-31-22(28)18-10-11-20(26-25-18)27-12-6-7-13-27/h4-5,8-11H,3,6-7,12-14H2,1-2H3. The van der Waals surface area contributed by atoms with Crippen molar-refractivity contribution in [3.8, 4) is 0 Å². The van der Waals surface area contributed by atoms with E-state index in [1.54, 1.807) is 19.1 Å². The zero-order valence-electron chi connectivity index (χ0n) is 17.6. The molecular formula is C23H24N4O4. The molecule has 0 radical (unpaired) electrons. The number of aromatic nitrogens is 3. The van der Waals surface area contributed by atoms with Crippen molar-refractivity contribution >= 4 is 28.7 Å². The predicted octanol–water partition coefficient (Wildman–Crippen LogP) is 3.47. The van der Waals surface area contributed by atoms with Gasteiger partial charge in [-0.05, 0) is 50.5 Å². The third-order valence-corrected chi connectivity index (χ3v) is 5.34. The summed E-state index contributed by atoms with van der Waals surface area (Å²) in [5.74, 6) is -0.354. The van der Waals surface area contributed by atoms with E-state index in [-0.39, 0.29) is 18.9 Å². The van der Waals surface area contributed by atoms with Crippen LogP contribution >= 0.6 is 0 Å². The minimum atomic E-state index is -0.622. The summed E-state index contributed by atoms with van der Waals surface area (Å²) in [7, 11) is 0. The first-order chi connectivity index (χ1) is 15.1. The average Bonchev–Trinajstić information content (AvgIpc) is 3.33. The molecule has 0 spiro atoms. The monoisotopic (exact) mass is 420 g/mol. The Hall–Kier alpha value is -3.55. The summed E-state index contributed by atoms with van der Waals surface area (Å²) < 4.78 is 10.6. The van der Waals surface area contributed by atoms with Crippen LogP contribution in [0.15, 0.2) is 36.4 Å². The van der Waals surface area contributed by atoms with Gasteiger partial charge in [0, 0.05) is 18.5 Å². The summed E-state index contributed by atoms with van der Waals surface area (Å²) in [6.45, 7) is 5.54. The van der Waals surface area contributed by atoms with Crippen LogP contribution in [0.3, 0.4) is 0 Å². The highest BCUT2D eigenvalue weighted by molar-refractivity contribution is 5.98. The van der Waals surface area contributed by atoms with Gasteiger partial charge < -0.3 is 14.4 Å². The van der Waals surface area contributed by atoms with E-state index in [1.807, 2.05) is 31.2 Å². The molecule has 3 aromatic rings. The van der Waals surface area contributed by atoms with Crippen molar-refractivity contribution in [1.82, 2.24) is 15.2 Å². The largest absolute Gasteiger partial charge is 0.462 e. The van der Waals surface area contributed by atoms with E-state index in [2.05, 4.69) is 20.1 Å². The van der Waals surface area contributed by atoms with Gasteiger partial charge in [0.05, 0.1) is 23.4 Å². The number of para-hydroxylation sites is 1. The van der Waals surface area contributed by atoms with E-state index < -0.39 is 11.9 Å². The number of esters is 2. The molecule has 1 aliphatic rings. The van der Waals surface area contributed by atoms with Gasteiger partial charge in [0.15, 0.2) is 11.5 Å². The molecule has 1 aromatic carbocycles. The first kappa shape index (κ1) is 20.7. The maximum atomic E-state index is 12.6. The van der Waals surface area contributed by atoms with Gasteiger partial charge in [-0.25, -0.2) is 14.6 Å². The molecule has 0 aliphatic carbocycles. The minimum absolute atomic E-state index is 0.109. The van der Waals surface area contributed by atoms with Crippen molar-refractivity contribution in [2.75, 3.05) is 24.6 Å². The maximum absolute atomic E-state index is 12.6. The van der Waals surface area contributed by atoms with Crippen LogP contribution < -0.4 is 4.90 Å². The van der Waals surface area contributed by atoms with Gasteiger partial charge >= 0.3 is 11.9 Å². The normalized spacial score (nSPS) is 13.4. The van der Waals surface area contributed by atoms with E-state index in [1.165, 1.54) is 0 Å². The van der Waals surface area contributed by atoms with Crippen molar-refractivity contribution in [2.45, 2.75) is 33.3 Å². The van der Waals surface area contributed by atoms with Crippen molar-refractivity contribution in [2.24, 2.45) is 0 Å². The van der Waals surface area contributed by atoms with Gasteiger partial charge in [0.2, 0.25) is 0 Å². The molecule has 160 valence electrons. The minimum Gasteiger partial charge on any atom is -0.462 e. The van der Waals surface area contributed by atoms with Gasteiger partial charge in [-0.1, -0.05) is 18.2 Å². The molecule has 3 heterocycles. The zero-order valence-corrected chi connectivity index (χ0v) is 17.6. The number of nitrogens with zero attached hydrogens (tertiary/aromatic N) is 4. The molecule has 0 bridgehead atoms. The quantitative estimate of drug-likeness (QED) is 0.560. The zero-order chi connectivity index (χ0) is 21.8. The summed E-state index contributed by atoms with van der Waals surface area (Å²) in [5.41, 5.74) is 2.24. The molecule has 0 atom stereocenters. The second kappa shape index (κ2) is 9.07. The summed E-state index contributed by atoms with van der Waals surface area (Å²) in [6, 6.07) is 10.9. The van der Waals surface area contributed by atoms with Crippen LogP contribution in [0, 0.1) is 6.92 Å². The highest BCUT2D eigenvalue weighted by Crippen LogP contribution is 2.24. The number of carbonyl (C=O) groups is 2. The smallest absolute Gasteiger partial charge is 0.359 e. The van der Waals surface area contributed by atoms with E-state index in [4.69, 9.17) is 9.47 Å². The third-order valence-electron chi connectivity index (χ3n) is 5.34. The Labute approximate surface area is 180 Å². The van der Waals surface area contributed by atoms with Crippen molar-refractivity contribution in [3.05, 3.63) is 58.9 Å². The molecule has 1 aliphatic heterocycles. The fourth-order valence-corrected chi connectivity index (χ4v) is 3.78. The maximum Gasteiger partial charge on any atom is 0.359 e. The molecule has 1 fully saturated rings. The Morgan fingerprint density at radius 1 is 1.00 bits per heavy atom. The molecule has 4 rings (SSSR count). The predicted molar refractivity (Wildman–Crippen MR) is 115 cm³/mol. The molecule has 0 saturated carbocycles. The van der Waals surface area contributed by atoms with Crippen molar-refractivity contribution in [1.29, 1.82) is 0 Å². The summed E-state index contributed by atoms with van der Waals surface area (Å²) >= 11 is 0. The lowest BCUT2D eigenvalue weighted by atomic mass is 10.0. The molecule has 8 nitrogen and oxygen atoms in total. The Morgan fingerprint density at radius 2 is 1.77 bits per heavy atom. The Morgan fingerprint density at radius 3 is 2.48 bits per heavy atom. The van der Waals surface area contributed by atoms with E-state index in [0.29, 0.717) is 16.8 Å². The highest BCUT2D eigenvalue weighted by atomic mass is 16.5. The number of pyridine rings is 1. The van der Waals surface area contributed by atoms with Crippen LogP contribution in [-0.2, 0) is 16.1 Å². The molecule has 0 amide bonds. The van der Waals surface area contributed by atoms with Crippen LogP contribution in [0.25, 0.3) is 10.9 Å². The fourth-order valence-electron chi connectivity index (χ4n) is 3.78. The van der Waals surface area contributed by atoms with E-state index in [9.17, 15) is 9.59 Å². The van der Waals surface area contributed by atoms with Crippen molar-refractivity contribution < 1.29 is 19.1 Å². The number of aryl methyl sites for hydroxylation is 1. The number of hydrogen-bond acceptors (Lipinski definition) is 8. The lowest BCUT2D eigenvalue weighted by molar-refractivity contribution is 0.0438. The number of benzene rings is 1. The highest BCUT2D eigenvalue weighted by Gasteiger charge is 2.22. The molecule has 2 aromatic heterocycles. The topological polar surface area (TPSA) is 94.5 Å². The molecule has 8 heteroatoms. The van der Waals surface area contributed by atoms with Gasteiger partial charge in [-0.15, -0.1) is 10.2 Å². The second-order valence-electron chi connectivity index (χ2n) is 7.34. The first-order valence-electron chi connectivity index (χ1n) is 10.4. The lowest BCUT2D eigenvalue weighted by Crippen LogP contribution is -2.20. The Bertz CT molecular complexity index is 1110.